The number of fused-ring (bicyclic) bond motifs is 1. The van der Waals surface area contributed by atoms with Crippen molar-refractivity contribution in [2.45, 2.75) is 44.6 Å². The van der Waals surface area contributed by atoms with E-state index in [9.17, 15) is 9.59 Å². The van der Waals surface area contributed by atoms with Gasteiger partial charge in [0.25, 0.3) is 5.91 Å². The molecule has 2 amide bonds. The fraction of sp³-hybridized carbons (Fsp3) is 0.500. The molecule has 1 saturated carbocycles. The van der Waals surface area contributed by atoms with Crippen molar-refractivity contribution in [1.29, 1.82) is 0 Å². The van der Waals surface area contributed by atoms with Gasteiger partial charge in [-0.05, 0) is 32.6 Å². The highest BCUT2D eigenvalue weighted by Gasteiger charge is 2.26. The third-order valence-corrected chi connectivity index (χ3v) is 4.59. The van der Waals surface area contributed by atoms with Gasteiger partial charge in [-0.3, -0.25) is 9.59 Å². The maximum Gasteiger partial charge on any atom is 0.252 e. The van der Waals surface area contributed by atoms with E-state index in [0.717, 1.165) is 25.7 Å². The van der Waals surface area contributed by atoms with Crippen molar-refractivity contribution >= 4 is 22.8 Å². The number of H-pyrrole nitrogens is 1. The number of aliphatic hydroxyl groups excluding tert-OH is 1. The van der Waals surface area contributed by atoms with Crippen LogP contribution in [0.4, 0.5) is 0 Å². The van der Waals surface area contributed by atoms with Crippen molar-refractivity contribution < 1.29 is 14.7 Å². The third kappa shape index (κ3) is 3.09. The van der Waals surface area contributed by atoms with Crippen LogP contribution in [0, 0.1) is 6.92 Å². The third-order valence-electron chi connectivity index (χ3n) is 4.59. The first-order valence-electron chi connectivity index (χ1n) is 8.04. The number of nitrogens with one attached hydrogen (secondary N) is 2. The van der Waals surface area contributed by atoms with E-state index in [4.69, 9.17) is 10.8 Å². The molecule has 2 aromatic rings. The van der Waals surface area contributed by atoms with Gasteiger partial charge in [-0.2, -0.15) is 0 Å². The van der Waals surface area contributed by atoms with Crippen LogP contribution in [0.15, 0.2) is 6.20 Å². The fourth-order valence-electron chi connectivity index (χ4n) is 3.39. The van der Waals surface area contributed by atoms with Crippen molar-refractivity contribution in [2.24, 2.45) is 5.73 Å². The van der Waals surface area contributed by atoms with Crippen LogP contribution in [-0.2, 0) is 4.79 Å². The molecular weight excluding hydrogens is 310 g/mol. The Kier molecular flexibility index (Phi) is 4.48. The summed E-state index contributed by atoms with van der Waals surface area (Å²) in [6.07, 6.45) is 5.00. The summed E-state index contributed by atoms with van der Waals surface area (Å²) in [7, 11) is 0. The van der Waals surface area contributed by atoms with Gasteiger partial charge in [0.1, 0.15) is 17.9 Å². The largest absolute Gasteiger partial charge is 0.387 e. The van der Waals surface area contributed by atoms with Crippen LogP contribution in [-0.4, -0.2) is 44.5 Å². The standard InChI is InChI=1S/C16H21N5O3/c1-8-13(15(17)24)14-11(19-8)6-18-16(21-14)9-2-4-10(5-3-9)20-12(23)7-22/h6,9-10,19,22H,2-5,7H2,1H3,(H2,17,24)(H,20,23). The van der Waals surface area contributed by atoms with Gasteiger partial charge in [-0.1, -0.05) is 0 Å². The minimum Gasteiger partial charge on any atom is -0.387 e. The molecule has 5 N–H and O–H groups in total. The van der Waals surface area contributed by atoms with E-state index in [1.165, 1.54) is 0 Å². The second-order valence-corrected chi connectivity index (χ2v) is 6.25. The molecule has 0 aromatic carbocycles. The van der Waals surface area contributed by atoms with Crippen molar-refractivity contribution in [3.63, 3.8) is 0 Å². The zero-order valence-electron chi connectivity index (χ0n) is 13.5. The van der Waals surface area contributed by atoms with Crippen molar-refractivity contribution in [2.75, 3.05) is 6.61 Å². The van der Waals surface area contributed by atoms with Crippen LogP contribution >= 0.6 is 0 Å². The normalized spacial score (nSPS) is 20.9. The van der Waals surface area contributed by atoms with Crippen LogP contribution in [0.3, 0.4) is 0 Å². The number of aliphatic hydroxyl groups is 1. The summed E-state index contributed by atoms with van der Waals surface area (Å²) in [5, 5.41) is 11.6. The summed E-state index contributed by atoms with van der Waals surface area (Å²) in [5.41, 5.74) is 7.83. The lowest BCUT2D eigenvalue weighted by molar-refractivity contribution is -0.124. The summed E-state index contributed by atoms with van der Waals surface area (Å²) in [5.74, 6) is 0.0485. The molecule has 0 unspecified atom stereocenters. The predicted octanol–water partition coefficient (Wildman–Crippen LogP) is 0.500. The van der Waals surface area contributed by atoms with Crippen LogP contribution < -0.4 is 11.1 Å². The van der Waals surface area contributed by atoms with Crippen LogP contribution in [0.5, 0.6) is 0 Å². The molecule has 1 fully saturated rings. The Hall–Kier alpha value is -2.48. The molecule has 8 heteroatoms. The number of aromatic nitrogens is 3. The minimum absolute atomic E-state index is 0.0836. The number of hydrogen-bond acceptors (Lipinski definition) is 5. The number of carbonyl (C=O) groups excluding carboxylic acids is 2. The molecule has 8 nitrogen and oxygen atoms in total. The molecule has 3 rings (SSSR count). The molecule has 128 valence electrons. The topological polar surface area (TPSA) is 134 Å². The zero-order valence-corrected chi connectivity index (χ0v) is 13.5. The van der Waals surface area contributed by atoms with Crippen molar-refractivity contribution in [3.8, 4) is 0 Å². The number of rotatable bonds is 4. The smallest absolute Gasteiger partial charge is 0.252 e. The summed E-state index contributed by atoms with van der Waals surface area (Å²) in [6, 6.07) is 0.0836. The second kappa shape index (κ2) is 6.56. The van der Waals surface area contributed by atoms with E-state index in [1.54, 1.807) is 13.1 Å². The number of aryl methyl sites for hydroxylation is 1. The summed E-state index contributed by atoms with van der Waals surface area (Å²) >= 11 is 0. The molecule has 2 heterocycles. The Balaban J connectivity index is 1.77. The highest BCUT2D eigenvalue weighted by atomic mass is 16.3. The van der Waals surface area contributed by atoms with E-state index in [0.29, 0.717) is 28.1 Å². The number of hydrogen-bond donors (Lipinski definition) is 4. The van der Waals surface area contributed by atoms with Crippen LogP contribution in [0.25, 0.3) is 11.0 Å². The van der Waals surface area contributed by atoms with E-state index in [1.807, 2.05) is 0 Å². The first kappa shape index (κ1) is 16.4. The maximum absolute atomic E-state index is 11.6. The summed E-state index contributed by atoms with van der Waals surface area (Å²) in [4.78, 5) is 35.0. The predicted molar refractivity (Wildman–Crippen MR) is 87.4 cm³/mol. The van der Waals surface area contributed by atoms with Gasteiger partial charge in [-0.25, -0.2) is 9.97 Å². The number of primary amides is 1. The molecule has 0 bridgehead atoms. The molecule has 0 saturated heterocycles. The number of aromatic amines is 1. The first-order chi connectivity index (χ1) is 11.5. The van der Waals surface area contributed by atoms with Crippen LogP contribution in [0.2, 0.25) is 0 Å². The molecule has 2 aromatic heterocycles. The average molecular weight is 331 g/mol. The molecule has 24 heavy (non-hydrogen) atoms. The molecular formula is C16H21N5O3. The lowest BCUT2D eigenvalue weighted by Crippen LogP contribution is -2.38. The lowest BCUT2D eigenvalue weighted by Gasteiger charge is -2.28. The van der Waals surface area contributed by atoms with E-state index < -0.39 is 12.5 Å². The zero-order chi connectivity index (χ0) is 17.3. The average Bonchev–Trinajstić information content (AvgIpc) is 2.90. The fourth-order valence-corrected chi connectivity index (χ4v) is 3.39. The lowest BCUT2D eigenvalue weighted by atomic mass is 9.85. The van der Waals surface area contributed by atoms with E-state index in [-0.39, 0.29) is 17.9 Å². The molecule has 0 aliphatic heterocycles. The Bertz CT molecular complexity index is 777. The van der Waals surface area contributed by atoms with Gasteiger partial charge < -0.3 is 21.1 Å². The molecule has 1 aliphatic carbocycles. The minimum atomic E-state index is -0.501. The van der Waals surface area contributed by atoms with Gasteiger partial charge in [0.2, 0.25) is 5.91 Å². The first-order valence-corrected chi connectivity index (χ1v) is 8.04. The highest BCUT2D eigenvalue weighted by molar-refractivity contribution is 6.05. The highest BCUT2D eigenvalue weighted by Crippen LogP contribution is 2.32. The van der Waals surface area contributed by atoms with Gasteiger partial charge in [0.15, 0.2) is 0 Å². The Morgan fingerprint density at radius 1 is 1.38 bits per heavy atom. The SMILES string of the molecule is Cc1[nH]c2cnc(C3CCC(NC(=O)CO)CC3)nc2c1C(N)=O. The Morgan fingerprint density at radius 2 is 2.08 bits per heavy atom. The second-order valence-electron chi connectivity index (χ2n) is 6.25. The Morgan fingerprint density at radius 3 is 2.71 bits per heavy atom. The summed E-state index contributed by atoms with van der Waals surface area (Å²) < 4.78 is 0. The van der Waals surface area contributed by atoms with Gasteiger partial charge in [0.05, 0.1) is 17.3 Å². The van der Waals surface area contributed by atoms with E-state index >= 15 is 0 Å². The van der Waals surface area contributed by atoms with Gasteiger partial charge in [0, 0.05) is 17.7 Å². The molecule has 0 atom stereocenters. The van der Waals surface area contributed by atoms with Crippen LogP contribution in [0.1, 0.15) is 53.5 Å². The van der Waals surface area contributed by atoms with Gasteiger partial charge >= 0.3 is 0 Å². The number of nitrogens with zero attached hydrogens (tertiary/aromatic N) is 2. The van der Waals surface area contributed by atoms with Gasteiger partial charge in [-0.15, -0.1) is 0 Å². The van der Waals surface area contributed by atoms with Crippen molar-refractivity contribution in [1.82, 2.24) is 20.3 Å². The van der Waals surface area contributed by atoms with Crippen molar-refractivity contribution in [3.05, 3.63) is 23.3 Å². The molecule has 0 spiro atoms. The molecule has 0 radical (unpaired) electrons. The molecule has 1 aliphatic rings. The number of amides is 2. The number of carbonyl (C=O) groups is 2. The number of nitrogens with two attached hydrogens (primary N) is 1. The monoisotopic (exact) mass is 331 g/mol. The van der Waals surface area contributed by atoms with E-state index in [2.05, 4.69) is 20.3 Å². The quantitative estimate of drug-likeness (QED) is 0.647. The Labute approximate surface area is 138 Å². The maximum atomic E-state index is 11.6. The summed E-state index contributed by atoms with van der Waals surface area (Å²) in [6.45, 7) is 1.30.